The summed E-state index contributed by atoms with van der Waals surface area (Å²) in [6.07, 6.45) is 1.39. The summed E-state index contributed by atoms with van der Waals surface area (Å²) in [5, 5.41) is 2.89. The van der Waals surface area contributed by atoms with Gasteiger partial charge in [0.15, 0.2) is 5.76 Å². The third-order valence-corrected chi connectivity index (χ3v) is 3.87. The van der Waals surface area contributed by atoms with Gasteiger partial charge >= 0.3 is 0 Å². The van der Waals surface area contributed by atoms with Gasteiger partial charge in [-0.3, -0.25) is 25.2 Å². The minimum Gasteiger partial charge on any atom is -0.459 e. The van der Waals surface area contributed by atoms with Crippen LogP contribution >= 0.6 is 11.6 Å². The van der Waals surface area contributed by atoms with Crippen LogP contribution in [0.3, 0.4) is 0 Å². The zero-order valence-corrected chi connectivity index (χ0v) is 14.6. The normalized spacial score (nSPS) is 10.1. The van der Waals surface area contributed by atoms with Gasteiger partial charge in [-0.05, 0) is 42.5 Å². The maximum atomic E-state index is 12.2. The summed E-state index contributed by atoms with van der Waals surface area (Å²) in [4.78, 5) is 36.3. The van der Waals surface area contributed by atoms with Crippen LogP contribution in [0.2, 0.25) is 5.02 Å². The second kappa shape index (κ2) is 8.20. The van der Waals surface area contributed by atoms with E-state index in [9.17, 15) is 14.4 Å². The van der Waals surface area contributed by atoms with Crippen molar-refractivity contribution in [3.63, 3.8) is 0 Å². The van der Waals surface area contributed by atoms with Gasteiger partial charge in [-0.15, -0.1) is 0 Å². The van der Waals surface area contributed by atoms with Crippen LogP contribution in [0.1, 0.15) is 31.3 Å². The second-order valence-corrected chi connectivity index (χ2v) is 5.81. The number of furan rings is 1. The van der Waals surface area contributed by atoms with Crippen molar-refractivity contribution in [1.29, 1.82) is 0 Å². The van der Waals surface area contributed by atoms with Gasteiger partial charge < -0.3 is 9.73 Å². The molecule has 0 saturated carbocycles. The van der Waals surface area contributed by atoms with E-state index in [0.717, 1.165) is 0 Å². The third kappa shape index (κ3) is 4.53. The van der Waals surface area contributed by atoms with Crippen molar-refractivity contribution in [1.82, 2.24) is 10.9 Å². The molecule has 7 nitrogen and oxygen atoms in total. The molecule has 3 N–H and O–H groups in total. The number of benzene rings is 2. The van der Waals surface area contributed by atoms with Gasteiger partial charge in [0, 0.05) is 11.3 Å². The Morgan fingerprint density at radius 1 is 0.815 bits per heavy atom. The molecule has 136 valence electrons. The molecule has 0 unspecified atom stereocenters. The predicted molar refractivity (Wildman–Crippen MR) is 99.5 cm³/mol. The van der Waals surface area contributed by atoms with Crippen molar-refractivity contribution in [2.24, 2.45) is 0 Å². The zero-order valence-electron chi connectivity index (χ0n) is 13.9. The Labute approximate surface area is 159 Å². The van der Waals surface area contributed by atoms with Gasteiger partial charge in [0.05, 0.1) is 16.8 Å². The number of hydrazine groups is 1. The Hall–Kier alpha value is -3.58. The molecule has 0 aliphatic carbocycles. The smallest absolute Gasteiger partial charge is 0.291 e. The van der Waals surface area contributed by atoms with E-state index >= 15 is 0 Å². The highest BCUT2D eigenvalue weighted by Gasteiger charge is 2.13. The number of hydrogen-bond acceptors (Lipinski definition) is 4. The molecule has 27 heavy (non-hydrogen) atoms. The van der Waals surface area contributed by atoms with Gasteiger partial charge in [0.2, 0.25) is 0 Å². The van der Waals surface area contributed by atoms with E-state index in [1.54, 1.807) is 42.5 Å². The van der Waals surface area contributed by atoms with Crippen LogP contribution in [0, 0.1) is 0 Å². The summed E-state index contributed by atoms with van der Waals surface area (Å²) in [6.45, 7) is 0. The highest BCUT2D eigenvalue weighted by atomic mass is 35.5. The largest absolute Gasteiger partial charge is 0.459 e. The van der Waals surface area contributed by atoms with Crippen LogP contribution in [0.25, 0.3) is 0 Å². The van der Waals surface area contributed by atoms with E-state index in [-0.39, 0.29) is 21.9 Å². The average Bonchev–Trinajstić information content (AvgIpc) is 3.21. The molecule has 0 atom stereocenters. The van der Waals surface area contributed by atoms with E-state index in [1.165, 1.54) is 24.5 Å². The number of carbonyl (C=O) groups excluding carboxylic acids is 3. The van der Waals surface area contributed by atoms with Gasteiger partial charge in [0.1, 0.15) is 0 Å². The van der Waals surface area contributed by atoms with E-state index < -0.39 is 17.7 Å². The van der Waals surface area contributed by atoms with Crippen molar-refractivity contribution in [2.75, 3.05) is 5.32 Å². The molecule has 3 aromatic rings. The number of rotatable bonds is 4. The third-order valence-electron chi connectivity index (χ3n) is 3.54. The molecule has 3 rings (SSSR count). The molecule has 1 heterocycles. The van der Waals surface area contributed by atoms with E-state index in [2.05, 4.69) is 16.2 Å². The van der Waals surface area contributed by atoms with Crippen LogP contribution in [-0.2, 0) is 0 Å². The van der Waals surface area contributed by atoms with Crippen LogP contribution < -0.4 is 16.2 Å². The van der Waals surface area contributed by atoms with Crippen LogP contribution in [0.5, 0.6) is 0 Å². The predicted octanol–water partition coefficient (Wildman–Crippen LogP) is 3.26. The summed E-state index contributed by atoms with van der Waals surface area (Å²) in [5.41, 5.74) is 5.48. The fraction of sp³-hybridized carbons (Fsp3) is 0. The number of halogens is 1. The van der Waals surface area contributed by atoms with Crippen LogP contribution in [0.4, 0.5) is 5.69 Å². The minimum absolute atomic E-state index is 0.150. The van der Waals surface area contributed by atoms with Crippen LogP contribution in [-0.4, -0.2) is 17.7 Å². The summed E-state index contributed by atoms with van der Waals surface area (Å²) >= 11 is 5.94. The Kier molecular flexibility index (Phi) is 5.53. The van der Waals surface area contributed by atoms with Gasteiger partial charge in [-0.25, -0.2) is 0 Å². The lowest BCUT2D eigenvalue weighted by molar-refractivity contribution is 0.0847. The molecule has 0 radical (unpaired) electrons. The molecule has 2 aromatic carbocycles. The summed E-state index contributed by atoms with van der Waals surface area (Å²) in [6, 6.07) is 15.8. The number of amides is 3. The maximum absolute atomic E-state index is 12.2. The monoisotopic (exact) mass is 383 g/mol. The minimum atomic E-state index is -0.551. The lowest BCUT2D eigenvalue weighted by Gasteiger charge is -2.09. The van der Waals surface area contributed by atoms with Crippen molar-refractivity contribution in [3.8, 4) is 0 Å². The summed E-state index contributed by atoms with van der Waals surface area (Å²) in [7, 11) is 0. The average molecular weight is 384 g/mol. The Morgan fingerprint density at radius 3 is 2.33 bits per heavy atom. The Bertz CT molecular complexity index is 986. The Morgan fingerprint density at radius 2 is 1.59 bits per heavy atom. The van der Waals surface area contributed by atoms with Crippen molar-refractivity contribution in [3.05, 3.63) is 88.8 Å². The van der Waals surface area contributed by atoms with E-state index in [1.807, 2.05) is 0 Å². The number of nitrogens with one attached hydrogen (secondary N) is 3. The first-order valence-electron chi connectivity index (χ1n) is 7.85. The maximum Gasteiger partial charge on any atom is 0.291 e. The fourth-order valence-electron chi connectivity index (χ4n) is 2.24. The fourth-order valence-corrected chi connectivity index (χ4v) is 2.46. The highest BCUT2D eigenvalue weighted by Crippen LogP contribution is 2.15. The molecule has 0 fully saturated rings. The first kappa shape index (κ1) is 18.2. The van der Waals surface area contributed by atoms with Gasteiger partial charge in [-0.2, -0.15) is 0 Å². The van der Waals surface area contributed by atoms with E-state index in [0.29, 0.717) is 5.69 Å². The molecule has 0 bridgehead atoms. The first-order valence-corrected chi connectivity index (χ1v) is 8.22. The molecule has 0 aliphatic rings. The molecule has 0 spiro atoms. The van der Waals surface area contributed by atoms with Crippen LogP contribution in [0.15, 0.2) is 71.3 Å². The van der Waals surface area contributed by atoms with E-state index in [4.69, 9.17) is 16.0 Å². The molecule has 0 aliphatic heterocycles. The summed E-state index contributed by atoms with van der Waals surface area (Å²) in [5.74, 6) is -1.39. The zero-order chi connectivity index (χ0) is 19.2. The first-order chi connectivity index (χ1) is 13.0. The Balaban J connectivity index is 1.62. The standard InChI is InChI=1S/C19H14ClN3O4/c20-15-8-2-1-7-14(15)18(25)23-22-17(24)12-5-3-6-13(11-12)21-19(26)16-9-4-10-27-16/h1-11H,(H,21,26)(H,22,24)(H,23,25). The molecule has 8 heteroatoms. The van der Waals surface area contributed by atoms with Gasteiger partial charge in [-0.1, -0.05) is 29.8 Å². The lowest BCUT2D eigenvalue weighted by Crippen LogP contribution is -2.41. The molecular weight excluding hydrogens is 370 g/mol. The van der Waals surface area contributed by atoms with Crippen molar-refractivity contribution in [2.45, 2.75) is 0 Å². The summed E-state index contributed by atoms with van der Waals surface area (Å²) < 4.78 is 5.01. The van der Waals surface area contributed by atoms with Crippen molar-refractivity contribution >= 4 is 35.0 Å². The second-order valence-electron chi connectivity index (χ2n) is 5.40. The number of anilines is 1. The molecule has 3 amide bonds. The van der Waals surface area contributed by atoms with Gasteiger partial charge in [0.25, 0.3) is 17.7 Å². The topological polar surface area (TPSA) is 100 Å². The molecule has 1 aromatic heterocycles. The quantitative estimate of drug-likeness (QED) is 0.602. The SMILES string of the molecule is O=C(NNC(=O)c1ccccc1Cl)c1cccc(NC(=O)c2ccco2)c1. The highest BCUT2D eigenvalue weighted by molar-refractivity contribution is 6.33. The molecular formula is C19H14ClN3O4. The number of carbonyl (C=O) groups is 3. The lowest BCUT2D eigenvalue weighted by atomic mass is 10.2. The molecule has 0 saturated heterocycles. The van der Waals surface area contributed by atoms with Crippen molar-refractivity contribution < 1.29 is 18.8 Å². The number of hydrogen-bond donors (Lipinski definition) is 3.